The molecule has 0 radical (unpaired) electrons. The van der Waals surface area contributed by atoms with Crippen LogP contribution in [0.25, 0.3) is 0 Å². The molecule has 0 aliphatic heterocycles. The molecule has 0 aliphatic carbocycles. The fourth-order valence-electron chi connectivity index (χ4n) is 1.78. The van der Waals surface area contributed by atoms with Gasteiger partial charge in [-0.25, -0.2) is 9.78 Å². The third-order valence-corrected chi connectivity index (χ3v) is 3.72. The van der Waals surface area contributed by atoms with Gasteiger partial charge in [0.1, 0.15) is 0 Å². The molecule has 0 aliphatic rings. The lowest BCUT2D eigenvalue weighted by Crippen LogP contribution is -2.29. The van der Waals surface area contributed by atoms with Crippen molar-refractivity contribution in [2.75, 3.05) is 5.32 Å². The summed E-state index contributed by atoms with van der Waals surface area (Å²) in [5, 5.41) is 13.8. The van der Waals surface area contributed by atoms with Crippen LogP contribution >= 0.6 is 11.3 Å². The number of thiophene rings is 1. The van der Waals surface area contributed by atoms with Crippen LogP contribution in [-0.2, 0) is 4.79 Å². The van der Waals surface area contributed by atoms with Crippen LogP contribution in [0.1, 0.15) is 30.8 Å². The minimum Gasteiger partial charge on any atom is -0.479 e. The van der Waals surface area contributed by atoms with Gasteiger partial charge < -0.3 is 15.0 Å². The molecule has 2 rings (SSSR count). The number of nitrogens with zero attached hydrogens (tertiary/aromatic N) is 2. The Labute approximate surface area is 119 Å². The number of hydrogen-bond donors (Lipinski definition) is 2. The molecule has 0 saturated heterocycles. The van der Waals surface area contributed by atoms with E-state index in [1.165, 1.54) is 22.1 Å². The monoisotopic (exact) mass is 293 g/mol. The first kappa shape index (κ1) is 14.3. The van der Waals surface area contributed by atoms with E-state index in [2.05, 4.69) is 10.3 Å². The zero-order valence-corrected chi connectivity index (χ0v) is 11.9. The smallest absolute Gasteiger partial charge is 0.331 e. The first-order valence-electron chi connectivity index (χ1n) is 6.10. The second-order valence-corrected chi connectivity index (χ2v) is 5.49. The van der Waals surface area contributed by atoms with Crippen LogP contribution in [0.5, 0.6) is 0 Å². The normalized spacial score (nSPS) is 12.3. The van der Waals surface area contributed by atoms with Crippen LogP contribution in [0.15, 0.2) is 34.7 Å². The van der Waals surface area contributed by atoms with Crippen molar-refractivity contribution in [1.82, 2.24) is 9.55 Å². The predicted octanol–water partition coefficient (Wildman–Crippen LogP) is 2.12. The number of aromatic nitrogens is 2. The second kappa shape index (κ2) is 5.87. The van der Waals surface area contributed by atoms with E-state index in [1.54, 1.807) is 23.7 Å². The van der Waals surface area contributed by atoms with Crippen LogP contribution in [0.3, 0.4) is 0 Å². The summed E-state index contributed by atoms with van der Waals surface area (Å²) in [6, 6.07) is 2.48. The summed E-state index contributed by atoms with van der Waals surface area (Å²) in [5.74, 6) is -1.00. The summed E-state index contributed by atoms with van der Waals surface area (Å²) in [6.45, 7) is 3.75. The summed E-state index contributed by atoms with van der Waals surface area (Å²) < 4.78 is 1.50. The molecule has 2 aromatic rings. The molecule has 2 N–H and O–H groups in total. The van der Waals surface area contributed by atoms with Crippen molar-refractivity contribution in [3.63, 3.8) is 0 Å². The maximum atomic E-state index is 12.2. The van der Waals surface area contributed by atoms with E-state index in [1.807, 2.05) is 13.8 Å². The summed E-state index contributed by atoms with van der Waals surface area (Å²) >= 11 is 1.32. The third-order valence-electron chi connectivity index (χ3n) is 2.78. The van der Waals surface area contributed by atoms with Gasteiger partial charge in [0.05, 0.1) is 0 Å². The van der Waals surface area contributed by atoms with Gasteiger partial charge in [-0.2, -0.15) is 0 Å². The first-order valence-corrected chi connectivity index (χ1v) is 6.98. The average Bonchev–Trinajstić information content (AvgIpc) is 2.90. The summed E-state index contributed by atoms with van der Waals surface area (Å²) in [7, 11) is 0. The Morgan fingerprint density at radius 1 is 1.50 bits per heavy atom. The molecule has 2 heterocycles. The Kier molecular flexibility index (Phi) is 4.19. The number of carboxylic acids is 1. The molecule has 20 heavy (non-hydrogen) atoms. The number of aliphatic carboxylic acids is 1. The minimum absolute atomic E-state index is 0.0175. The van der Waals surface area contributed by atoms with E-state index in [9.17, 15) is 14.7 Å². The number of carboxylic acid groups (broad SMARTS) is 1. The van der Waals surface area contributed by atoms with Gasteiger partial charge in [-0.1, -0.05) is 6.07 Å². The Morgan fingerprint density at radius 2 is 2.25 bits per heavy atom. The van der Waals surface area contributed by atoms with Crippen molar-refractivity contribution < 1.29 is 9.90 Å². The lowest BCUT2D eigenvalue weighted by molar-refractivity contribution is -0.138. The number of carbonyl (C=O) groups is 1. The van der Waals surface area contributed by atoms with Gasteiger partial charge in [-0.3, -0.25) is 4.79 Å². The second-order valence-electron chi connectivity index (χ2n) is 4.51. The molecule has 0 fully saturated rings. The van der Waals surface area contributed by atoms with Crippen molar-refractivity contribution in [2.45, 2.75) is 25.9 Å². The van der Waals surface area contributed by atoms with Gasteiger partial charge in [-0.05, 0) is 25.3 Å². The molecule has 0 bridgehead atoms. The largest absolute Gasteiger partial charge is 0.479 e. The van der Waals surface area contributed by atoms with E-state index < -0.39 is 12.0 Å². The van der Waals surface area contributed by atoms with Gasteiger partial charge in [0.25, 0.3) is 5.56 Å². The highest BCUT2D eigenvalue weighted by molar-refractivity contribution is 7.10. The maximum Gasteiger partial charge on any atom is 0.331 e. The third kappa shape index (κ3) is 2.88. The van der Waals surface area contributed by atoms with E-state index >= 15 is 0 Å². The van der Waals surface area contributed by atoms with E-state index in [0.29, 0.717) is 4.88 Å². The van der Waals surface area contributed by atoms with Crippen LogP contribution in [-0.4, -0.2) is 20.6 Å². The summed E-state index contributed by atoms with van der Waals surface area (Å²) in [4.78, 5) is 28.1. The van der Waals surface area contributed by atoms with Gasteiger partial charge >= 0.3 is 5.97 Å². The fraction of sp³-hybridized carbons (Fsp3) is 0.308. The lowest BCUT2D eigenvalue weighted by Gasteiger charge is -2.15. The van der Waals surface area contributed by atoms with E-state index in [4.69, 9.17) is 0 Å². The molecule has 6 nitrogen and oxygen atoms in total. The Morgan fingerprint density at radius 3 is 2.80 bits per heavy atom. The highest BCUT2D eigenvalue weighted by atomic mass is 32.1. The highest BCUT2D eigenvalue weighted by Crippen LogP contribution is 2.22. The Bertz CT molecular complexity index is 649. The van der Waals surface area contributed by atoms with Gasteiger partial charge in [0.2, 0.25) is 0 Å². The van der Waals surface area contributed by atoms with Crippen molar-refractivity contribution >= 4 is 23.1 Å². The topological polar surface area (TPSA) is 84.2 Å². The number of hydrogen-bond acceptors (Lipinski definition) is 5. The number of nitrogens with one attached hydrogen (secondary N) is 1. The minimum atomic E-state index is -1.05. The zero-order valence-electron chi connectivity index (χ0n) is 11.1. The molecular weight excluding hydrogens is 278 g/mol. The SMILES string of the molecule is CC(C)n1ccnc(NC(C(=O)O)c2cccs2)c1=O. The van der Waals surface area contributed by atoms with E-state index in [0.717, 1.165) is 0 Å². The van der Waals surface area contributed by atoms with Crippen molar-refractivity contribution in [3.05, 3.63) is 45.1 Å². The van der Waals surface area contributed by atoms with Gasteiger partial charge in [0.15, 0.2) is 11.9 Å². The molecule has 1 atom stereocenters. The molecule has 0 spiro atoms. The fourth-order valence-corrected chi connectivity index (χ4v) is 2.54. The summed E-state index contributed by atoms with van der Waals surface area (Å²) in [6.07, 6.45) is 3.07. The summed E-state index contributed by atoms with van der Waals surface area (Å²) in [5.41, 5.74) is -0.328. The molecule has 7 heteroatoms. The maximum absolute atomic E-state index is 12.2. The van der Waals surface area contributed by atoms with Crippen LogP contribution in [0, 0.1) is 0 Å². The van der Waals surface area contributed by atoms with Crippen LogP contribution < -0.4 is 10.9 Å². The molecule has 2 aromatic heterocycles. The van der Waals surface area contributed by atoms with Gasteiger partial charge in [0, 0.05) is 23.3 Å². The molecule has 0 aromatic carbocycles. The molecule has 106 valence electrons. The first-order chi connectivity index (χ1) is 9.50. The molecule has 0 amide bonds. The van der Waals surface area contributed by atoms with Crippen molar-refractivity contribution in [3.8, 4) is 0 Å². The number of rotatable bonds is 5. The average molecular weight is 293 g/mol. The zero-order chi connectivity index (χ0) is 14.7. The standard InChI is InChI=1S/C13H15N3O3S/c1-8(2)16-6-5-14-11(12(16)17)15-10(13(18)19)9-4-3-7-20-9/h3-8,10H,1-2H3,(H,14,15)(H,18,19). The Balaban J connectivity index is 2.35. The quantitative estimate of drug-likeness (QED) is 0.882. The van der Waals surface area contributed by atoms with Gasteiger partial charge in [-0.15, -0.1) is 11.3 Å². The predicted molar refractivity (Wildman–Crippen MR) is 77.2 cm³/mol. The molecule has 1 unspecified atom stereocenters. The molecular formula is C13H15N3O3S. The highest BCUT2D eigenvalue weighted by Gasteiger charge is 2.22. The van der Waals surface area contributed by atoms with Crippen LogP contribution in [0.4, 0.5) is 5.82 Å². The Hall–Kier alpha value is -2.15. The van der Waals surface area contributed by atoms with E-state index in [-0.39, 0.29) is 17.4 Å². The lowest BCUT2D eigenvalue weighted by atomic mass is 10.2. The van der Waals surface area contributed by atoms with Crippen LogP contribution in [0.2, 0.25) is 0 Å². The van der Waals surface area contributed by atoms with Crippen molar-refractivity contribution in [2.24, 2.45) is 0 Å². The molecule has 0 saturated carbocycles. The number of anilines is 1. The van der Waals surface area contributed by atoms with Crippen molar-refractivity contribution in [1.29, 1.82) is 0 Å².